The lowest BCUT2D eigenvalue weighted by Gasteiger charge is -2.28. The third kappa shape index (κ3) is 2.63. The molecule has 2 atom stereocenters. The number of hydrogen-bond acceptors (Lipinski definition) is 4. The van der Waals surface area contributed by atoms with Gasteiger partial charge in [-0.25, -0.2) is 4.79 Å². The van der Waals surface area contributed by atoms with E-state index in [4.69, 9.17) is 9.94 Å². The van der Waals surface area contributed by atoms with Gasteiger partial charge in [0.1, 0.15) is 0 Å². The van der Waals surface area contributed by atoms with Gasteiger partial charge in [0, 0.05) is 19.0 Å². The summed E-state index contributed by atoms with van der Waals surface area (Å²) in [5.41, 5.74) is -0.0733. The Hall–Kier alpha value is -1.59. The van der Waals surface area contributed by atoms with Crippen LogP contribution >= 0.6 is 0 Å². The highest BCUT2D eigenvalue weighted by atomic mass is 16.6. The molecular formula is C12H18N2O4. The van der Waals surface area contributed by atoms with Gasteiger partial charge < -0.3 is 14.8 Å². The van der Waals surface area contributed by atoms with Crippen molar-refractivity contribution in [2.75, 3.05) is 6.54 Å². The number of carbonyl (C=O) groups excluding carboxylic acids is 1. The number of carboxylic acids is 1. The van der Waals surface area contributed by atoms with Crippen LogP contribution in [0.3, 0.4) is 0 Å². The number of aliphatic carboxylic acids is 1. The van der Waals surface area contributed by atoms with Crippen molar-refractivity contribution in [3.63, 3.8) is 0 Å². The summed E-state index contributed by atoms with van der Waals surface area (Å²) in [5, 5.41) is 12.2. The largest absolute Gasteiger partial charge is 0.477 e. The molecule has 0 aliphatic carbocycles. The molecule has 2 unspecified atom stereocenters. The Morgan fingerprint density at radius 2 is 2.17 bits per heavy atom. The molecule has 2 aliphatic heterocycles. The van der Waals surface area contributed by atoms with E-state index < -0.39 is 12.1 Å². The van der Waals surface area contributed by atoms with Crippen LogP contribution in [0, 0.1) is 0 Å². The topological polar surface area (TPSA) is 79.2 Å². The predicted octanol–water partition coefficient (Wildman–Crippen LogP) is 1.01. The van der Waals surface area contributed by atoms with Gasteiger partial charge in [0.15, 0.2) is 5.71 Å². The standard InChI is InChI=1S/C12H18N2O4/c1-8-5-3-2-4-6-14(8)11(15)10-7-9(12(16)17)13-18-10/h8,10H,2-7H2,1H3,(H,16,17). The van der Waals surface area contributed by atoms with Crippen molar-refractivity contribution in [1.82, 2.24) is 4.90 Å². The van der Waals surface area contributed by atoms with Crippen LogP contribution in [-0.4, -0.2) is 46.3 Å². The Morgan fingerprint density at radius 3 is 2.83 bits per heavy atom. The molecule has 1 saturated heterocycles. The van der Waals surface area contributed by atoms with Crippen LogP contribution in [0.4, 0.5) is 0 Å². The number of oxime groups is 1. The van der Waals surface area contributed by atoms with E-state index in [9.17, 15) is 9.59 Å². The minimum Gasteiger partial charge on any atom is -0.477 e. The van der Waals surface area contributed by atoms with Gasteiger partial charge in [-0.2, -0.15) is 0 Å². The first kappa shape index (κ1) is 12.9. The number of likely N-dealkylation sites (tertiary alicyclic amines) is 1. The first-order chi connectivity index (χ1) is 8.59. The lowest BCUT2D eigenvalue weighted by Crippen LogP contribution is -2.44. The zero-order valence-corrected chi connectivity index (χ0v) is 10.5. The molecule has 2 heterocycles. The monoisotopic (exact) mass is 254 g/mol. The van der Waals surface area contributed by atoms with E-state index in [0.717, 1.165) is 32.2 Å². The quantitative estimate of drug-likeness (QED) is 0.797. The Bertz CT molecular complexity index is 380. The summed E-state index contributed by atoms with van der Waals surface area (Å²) in [4.78, 5) is 29.7. The van der Waals surface area contributed by atoms with E-state index in [1.807, 2.05) is 6.92 Å². The number of amides is 1. The number of carboxylic acid groups (broad SMARTS) is 1. The second kappa shape index (κ2) is 5.37. The van der Waals surface area contributed by atoms with E-state index in [1.165, 1.54) is 0 Å². The van der Waals surface area contributed by atoms with Gasteiger partial charge in [-0.15, -0.1) is 0 Å². The Labute approximate surface area is 106 Å². The molecule has 0 aromatic heterocycles. The predicted molar refractivity (Wildman–Crippen MR) is 64.2 cm³/mol. The highest BCUT2D eigenvalue weighted by molar-refractivity contribution is 6.36. The molecule has 2 aliphatic rings. The Morgan fingerprint density at radius 1 is 1.39 bits per heavy atom. The summed E-state index contributed by atoms with van der Waals surface area (Å²) >= 11 is 0. The normalized spacial score (nSPS) is 28.3. The SMILES string of the molecule is CC1CCCCCN1C(=O)C1CC(C(=O)O)=NO1. The molecule has 18 heavy (non-hydrogen) atoms. The number of carbonyl (C=O) groups is 2. The molecule has 1 amide bonds. The highest BCUT2D eigenvalue weighted by Gasteiger charge is 2.36. The molecular weight excluding hydrogens is 236 g/mol. The van der Waals surface area contributed by atoms with E-state index in [2.05, 4.69) is 5.16 Å². The summed E-state index contributed by atoms with van der Waals surface area (Å²) in [6.07, 6.45) is 3.57. The molecule has 0 saturated carbocycles. The van der Waals surface area contributed by atoms with E-state index >= 15 is 0 Å². The fraction of sp³-hybridized carbons (Fsp3) is 0.750. The van der Waals surface area contributed by atoms with Crippen LogP contribution in [0.25, 0.3) is 0 Å². The second-order valence-electron chi connectivity index (χ2n) is 4.87. The van der Waals surface area contributed by atoms with Crippen LogP contribution in [0.2, 0.25) is 0 Å². The molecule has 2 rings (SSSR count). The second-order valence-corrected chi connectivity index (χ2v) is 4.87. The summed E-state index contributed by atoms with van der Waals surface area (Å²) in [7, 11) is 0. The molecule has 1 N–H and O–H groups in total. The van der Waals surface area contributed by atoms with Gasteiger partial charge in [-0.1, -0.05) is 18.0 Å². The van der Waals surface area contributed by atoms with Gasteiger partial charge in [-0.3, -0.25) is 4.79 Å². The van der Waals surface area contributed by atoms with Crippen molar-refractivity contribution in [2.24, 2.45) is 5.16 Å². The van der Waals surface area contributed by atoms with Crippen LogP contribution in [0.1, 0.15) is 39.0 Å². The summed E-state index contributed by atoms with van der Waals surface area (Å²) in [6.45, 7) is 2.75. The van der Waals surface area contributed by atoms with Gasteiger partial charge in [-0.05, 0) is 19.8 Å². The number of hydrogen-bond donors (Lipinski definition) is 1. The molecule has 100 valence electrons. The fourth-order valence-corrected chi connectivity index (χ4v) is 2.42. The molecule has 6 nitrogen and oxygen atoms in total. The van der Waals surface area contributed by atoms with Crippen LogP contribution in [0.5, 0.6) is 0 Å². The zero-order chi connectivity index (χ0) is 13.1. The smallest absolute Gasteiger partial charge is 0.353 e. The average molecular weight is 254 g/mol. The van der Waals surface area contributed by atoms with Gasteiger partial charge in [0.25, 0.3) is 5.91 Å². The Balaban J connectivity index is 1.97. The van der Waals surface area contributed by atoms with Gasteiger partial charge in [0.2, 0.25) is 6.10 Å². The molecule has 0 spiro atoms. The Kier molecular flexibility index (Phi) is 3.84. The lowest BCUT2D eigenvalue weighted by molar-refractivity contribution is -0.144. The summed E-state index contributed by atoms with van der Waals surface area (Å²) in [5.74, 6) is -1.25. The first-order valence-electron chi connectivity index (χ1n) is 6.36. The van der Waals surface area contributed by atoms with Crippen molar-refractivity contribution in [2.45, 2.75) is 51.2 Å². The molecule has 0 radical (unpaired) electrons. The zero-order valence-electron chi connectivity index (χ0n) is 10.5. The summed E-state index contributed by atoms with van der Waals surface area (Å²) in [6, 6.07) is 0.192. The first-order valence-corrected chi connectivity index (χ1v) is 6.36. The maximum absolute atomic E-state index is 12.3. The maximum atomic E-state index is 12.3. The molecule has 0 aromatic carbocycles. The molecule has 0 bridgehead atoms. The van der Waals surface area contributed by atoms with E-state index in [1.54, 1.807) is 4.90 Å². The van der Waals surface area contributed by atoms with Crippen molar-refractivity contribution in [3.8, 4) is 0 Å². The van der Waals surface area contributed by atoms with Crippen LogP contribution < -0.4 is 0 Å². The van der Waals surface area contributed by atoms with Crippen LogP contribution in [0.15, 0.2) is 5.16 Å². The minimum absolute atomic E-state index is 0.0669. The van der Waals surface area contributed by atoms with E-state index in [0.29, 0.717) is 0 Å². The number of rotatable bonds is 2. The lowest BCUT2D eigenvalue weighted by atomic mass is 10.1. The van der Waals surface area contributed by atoms with E-state index in [-0.39, 0.29) is 24.1 Å². The minimum atomic E-state index is -1.12. The third-order valence-corrected chi connectivity index (χ3v) is 3.53. The maximum Gasteiger partial charge on any atom is 0.353 e. The fourth-order valence-electron chi connectivity index (χ4n) is 2.42. The third-order valence-electron chi connectivity index (χ3n) is 3.53. The van der Waals surface area contributed by atoms with Gasteiger partial charge >= 0.3 is 5.97 Å². The average Bonchev–Trinajstić information content (AvgIpc) is 2.73. The van der Waals surface area contributed by atoms with Crippen LogP contribution in [-0.2, 0) is 14.4 Å². The molecule has 1 fully saturated rings. The number of nitrogens with zero attached hydrogens (tertiary/aromatic N) is 2. The van der Waals surface area contributed by atoms with Crippen molar-refractivity contribution < 1.29 is 19.5 Å². The van der Waals surface area contributed by atoms with Crippen molar-refractivity contribution >= 4 is 17.6 Å². The van der Waals surface area contributed by atoms with Crippen molar-refractivity contribution in [1.29, 1.82) is 0 Å². The summed E-state index contributed by atoms with van der Waals surface area (Å²) < 4.78 is 0. The molecule has 0 aromatic rings. The highest BCUT2D eigenvalue weighted by Crippen LogP contribution is 2.21. The van der Waals surface area contributed by atoms with Crippen molar-refractivity contribution in [3.05, 3.63) is 0 Å². The van der Waals surface area contributed by atoms with Gasteiger partial charge in [0.05, 0.1) is 0 Å². The molecule has 6 heteroatoms.